The van der Waals surface area contributed by atoms with Crippen molar-refractivity contribution >= 4 is 5.97 Å². The van der Waals surface area contributed by atoms with Gasteiger partial charge in [-0.05, 0) is 6.07 Å². The van der Waals surface area contributed by atoms with E-state index in [0.717, 1.165) is 0 Å². The number of aromatic nitrogens is 1. The highest BCUT2D eigenvalue weighted by atomic mass is 16.5. The third kappa shape index (κ3) is 3.07. The number of esters is 1. The lowest BCUT2D eigenvalue weighted by Gasteiger charge is -2.14. The SMILES string of the molecule is COC(=O)C(O)Cc1c(OC)ccnc1OC. The van der Waals surface area contributed by atoms with Crippen molar-refractivity contribution < 1.29 is 24.1 Å². The van der Waals surface area contributed by atoms with Crippen LogP contribution in [-0.2, 0) is 16.0 Å². The average Bonchev–Trinajstić information content (AvgIpc) is 2.37. The van der Waals surface area contributed by atoms with E-state index in [1.165, 1.54) is 27.5 Å². The average molecular weight is 241 g/mol. The van der Waals surface area contributed by atoms with Crippen molar-refractivity contribution in [3.05, 3.63) is 17.8 Å². The first-order valence-corrected chi connectivity index (χ1v) is 4.95. The van der Waals surface area contributed by atoms with Gasteiger partial charge in [0.25, 0.3) is 0 Å². The Labute approximate surface area is 99.1 Å². The molecule has 17 heavy (non-hydrogen) atoms. The minimum atomic E-state index is -1.27. The Morgan fingerprint density at radius 3 is 2.65 bits per heavy atom. The molecule has 0 aliphatic carbocycles. The van der Waals surface area contributed by atoms with Crippen LogP contribution in [0.15, 0.2) is 12.3 Å². The molecule has 1 rings (SSSR count). The van der Waals surface area contributed by atoms with Crippen LogP contribution in [-0.4, -0.2) is 43.5 Å². The second kappa shape index (κ2) is 6.05. The zero-order chi connectivity index (χ0) is 12.8. The van der Waals surface area contributed by atoms with Gasteiger partial charge in [0.2, 0.25) is 5.88 Å². The Morgan fingerprint density at radius 2 is 2.12 bits per heavy atom. The summed E-state index contributed by atoms with van der Waals surface area (Å²) in [6, 6.07) is 1.63. The number of methoxy groups -OCH3 is 3. The number of carbonyl (C=O) groups excluding carboxylic acids is 1. The van der Waals surface area contributed by atoms with E-state index < -0.39 is 12.1 Å². The minimum Gasteiger partial charge on any atom is -0.496 e. The molecule has 1 aromatic heterocycles. The minimum absolute atomic E-state index is 0.0207. The molecule has 0 saturated heterocycles. The lowest BCUT2D eigenvalue weighted by atomic mass is 10.1. The first-order chi connectivity index (χ1) is 8.13. The van der Waals surface area contributed by atoms with E-state index in [-0.39, 0.29) is 6.42 Å². The molecule has 1 atom stereocenters. The molecule has 6 heteroatoms. The number of hydrogen-bond acceptors (Lipinski definition) is 6. The number of pyridine rings is 1. The Bertz CT molecular complexity index is 371. The summed E-state index contributed by atoms with van der Waals surface area (Å²) in [5, 5.41) is 9.60. The number of rotatable bonds is 5. The van der Waals surface area contributed by atoms with E-state index in [2.05, 4.69) is 9.72 Å². The maximum Gasteiger partial charge on any atom is 0.335 e. The molecule has 1 unspecified atom stereocenters. The first-order valence-electron chi connectivity index (χ1n) is 4.95. The van der Waals surface area contributed by atoms with Crippen molar-refractivity contribution in [2.24, 2.45) is 0 Å². The van der Waals surface area contributed by atoms with Crippen molar-refractivity contribution in [1.82, 2.24) is 4.98 Å². The molecule has 0 saturated carbocycles. The zero-order valence-corrected chi connectivity index (χ0v) is 9.97. The smallest absolute Gasteiger partial charge is 0.335 e. The van der Waals surface area contributed by atoms with E-state index >= 15 is 0 Å². The molecule has 0 bridgehead atoms. The normalized spacial score (nSPS) is 11.8. The van der Waals surface area contributed by atoms with Crippen LogP contribution in [0.3, 0.4) is 0 Å². The van der Waals surface area contributed by atoms with Crippen LogP contribution in [0.25, 0.3) is 0 Å². The van der Waals surface area contributed by atoms with Gasteiger partial charge in [0.15, 0.2) is 6.10 Å². The lowest BCUT2D eigenvalue weighted by Crippen LogP contribution is -2.24. The fraction of sp³-hybridized carbons (Fsp3) is 0.455. The molecular formula is C11H15NO5. The van der Waals surface area contributed by atoms with Crippen molar-refractivity contribution in [3.8, 4) is 11.6 Å². The second-order valence-electron chi connectivity index (χ2n) is 3.24. The Morgan fingerprint density at radius 1 is 1.41 bits per heavy atom. The van der Waals surface area contributed by atoms with Gasteiger partial charge in [0, 0.05) is 12.6 Å². The summed E-state index contributed by atoms with van der Waals surface area (Å²) in [5.41, 5.74) is 0.524. The monoisotopic (exact) mass is 241 g/mol. The molecule has 0 amide bonds. The zero-order valence-electron chi connectivity index (χ0n) is 9.97. The van der Waals surface area contributed by atoms with Crippen LogP contribution < -0.4 is 9.47 Å². The Kier molecular flexibility index (Phi) is 4.71. The topological polar surface area (TPSA) is 77.9 Å². The summed E-state index contributed by atoms with van der Waals surface area (Å²) >= 11 is 0. The molecule has 1 N–H and O–H groups in total. The van der Waals surface area contributed by atoms with Crippen molar-refractivity contribution in [2.75, 3.05) is 21.3 Å². The maximum absolute atomic E-state index is 11.1. The number of ether oxygens (including phenoxy) is 3. The Balaban J connectivity index is 2.99. The molecular weight excluding hydrogens is 226 g/mol. The van der Waals surface area contributed by atoms with Gasteiger partial charge in [-0.1, -0.05) is 0 Å². The van der Waals surface area contributed by atoms with E-state index in [1.54, 1.807) is 6.07 Å². The van der Waals surface area contributed by atoms with Crippen LogP contribution in [0, 0.1) is 0 Å². The standard InChI is InChI=1S/C11H15NO5/c1-15-9-4-5-12-10(16-2)7(9)6-8(13)11(14)17-3/h4-5,8,13H,6H2,1-3H3. The number of aliphatic hydroxyl groups excluding tert-OH is 1. The molecule has 0 aliphatic rings. The molecule has 0 aromatic carbocycles. The first kappa shape index (κ1) is 13.2. The highest BCUT2D eigenvalue weighted by Crippen LogP contribution is 2.27. The molecule has 1 aromatic rings. The van der Waals surface area contributed by atoms with E-state index in [4.69, 9.17) is 9.47 Å². The molecule has 6 nitrogen and oxygen atoms in total. The van der Waals surface area contributed by atoms with Gasteiger partial charge in [-0.2, -0.15) is 0 Å². The van der Waals surface area contributed by atoms with Crippen molar-refractivity contribution in [2.45, 2.75) is 12.5 Å². The van der Waals surface area contributed by atoms with Gasteiger partial charge in [-0.3, -0.25) is 0 Å². The van der Waals surface area contributed by atoms with Gasteiger partial charge in [0.05, 0.1) is 26.9 Å². The van der Waals surface area contributed by atoms with E-state index in [0.29, 0.717) is 17.2 Å². The summed E-state index contributed by atoms with van der Waals surface area (Å²) in [6.45, 7) is 0. The molecule has 1 heterocycles. The number of aliphatic hydroxyl groups is 1. The summed E-state index contributed by atoms with van der Waals surface area (Å²) in [6.07, 6.45) is 0.269. The van der Waals surface area contributed by atoms with E-state index in [1.807, 2.05) is 0 Å². The lowest BCUT2D eigenvalue weighted by molar-refractivity contribution is -0.150. The third-order valence-electron chi connectivity index (χ3n) is 2.26. The summed E-state index contributed by atoms with van der Waals surface area (Å²) in [5.74, 6) is 0.102. The summed E-state index contributed by atoms with van der Waals surface area (Å²) in [7, 11) is 4.15. The predicted octanol–water partition coefficient (Wildman–Crippen LogP) is 0.175. The van der Waals surface area contributed by atoms with E-state index in [9.17, 15) is 9.90 Å². The number of hydrogen-bond donors (Lipinski definition) is 1. The molecule has 0 fully saturated rings. The van der Waals surface area contributed by atoms with Crippen molar-refractivity contribution in [3.63, 3.8) is 0 Å². The molecule has 0 spiro atoms. The third-order valence-corrected chi connectivity index (χ3v) is 2.26. The van der Waals surface area contributed by atoms with Gasteiger partial charge in [0.1, 0.15) is 5.75 Å². The summed E-state index contributed by atoms with van der Waals surface area (Å²) in [4.78, 5) is 15.1. The van der Waals surface area contributed by atoms with Gasteiger partial charge < -0.3 is 19.3 Å². The highest BCUT2D eigenvalue weighted by Gasteiger charge is 2.21. The quantitative estimate of drug-likeness (QED) is 0.741. The summed E-state index contributed by atoms with van der Waals surface area (Å²) < 4.78 is 14.6. The number of nitrogens with zero attached hydrogens (tertiary/aromatic N) is 1. The maximum atomic E-state index is 11.1. The van der Waals surface area contributed by atoms with Crippen LogP contribution in [0.5, 0.6) is 11.6 Å². The Hall–Kier alpha value is -1.82. The molecule has 0 radical (unpaired) electrons. The van der Waals surface area contributed by atoms with Gasteiger partial charge >= 0.3 is 5.97 Å². The molecule has 94 valence electrons. The van der Waals surface area contributed by atoms with Crippen LogP contribution >= 0.6 is 0 Å². The van der Waals surface area contributed by atoms with Gasteiger partial charge in [-0.15, -0.1) is 0 Å². The van der Waals surface area contributed by atoms with Gasteiger partial charge in [-0.25, -0.2) is 9.78 Å². The fourth-order valence-electron chi connectivity index (χ4n) is 1.42. The van der Waals surface area contributed by atoms with Crippen LogP contribution in [0.2, 0.25) is 0 Å². The fourth-order valence-corrected chi connectivity index (χ4v) is 1.42. The highest BCUT2D eigenvalue weighted by molar-refractivity contribution is 5.74. The van der Waals surface area contributed by atoms with Crippen LogP contribution in [0.1, 0.15) is 5.56 Å². The molecule has 0 aliphatic heterocycles. The largest absolute Gasteiger partial charge is 0.496 e. The predicted molar refractivity (Wildman–Crippen MR) is 59.1 cm³/mol. The van der Waals surface area contributed by atoms with Crippen molar-refractivity contribution in [1.29, 1.82) is 0 Å². The van der Waals surface area contributed by atoms with Crippen LogP contribution in [0.4, 0.5) is 0 Å². The number of carbonyl (C=O) groups is 1. The second-order valence-corrected chi connectivity index (χ2v) is 3.24.